The topological polar surface area (TPSA) is 3.01 Å². The van der Waals surface area contributed by atoms with E-state index in [1.807, 2.05) is 0 Å². The minimum absolute atomic E-state index is 0. The average Bonchev–Trinajstić information content (AvgIpc) is 2.43. The minimum atomic E-state index is 0. The molecule has 0 amide bonds. The van der Waals surface area contributed by atoms with E-state index in [4.69, 9.17) is 0 Å². The summed E-state index contributed by atoms with van der Waals surface area (Å²) in [5.41, 5.74) is 0.545. The van der Waals surface area contributed by atoms with Gasteiger partial charge in [0.15, 0.2) is 0 Å². The highest BCUT2D eigenvalue weighted by Gasteiger charge is 2.46. The highest BCUT2D eigenvalue weighted by atomic mass is 28.1. The lowest BCUT2D eigenvalue weighted by molar-refractivity contribution is 0.200. The van der Waals surface area contributed by atoms with Crippen LogP contribution < -0.4 is 0 Å². The van der Waals surface area contributed by atoms with Crippen molar-refractivity contribution < 1.29 is 0 Å². The molecule has 0 aromatic heterocycles. The number of fused-ring (bicyclic) bond motifs is 1. The van der Waals surface area contributed by atoms with Crippen LogP contribution in [0, 0.1) is 0 Å². The summed E-state index contributed by atoms with van der Waals surface area (Å²) in [5, 5.41) is 0. The Morgan fingerprint density at radius 2 is 2.10 bits per heavy atom. The maximum atomic E-state index is 2.62. The van der Waals surface area contributed by atoms with Crippen LogP contribution in [0.5, 0.6) is 0 Å². The number of hydrogen-bond acceptors (Lipinski definition) is 1. The predicted octanol–water partition coefficient (Wildman–Crippen LogP) is 0.181. The van der Waals surface area contributed by atoms with E-state index in [-0.39, 0.29) is 11.0 Å². The lowest BCUT2D eigenvalue weighted by Gasteiger charge is -2.31. The van der Waals surface area contributed by atoms with Gasteiger partial charge >= 0.3 is 0 Å². The zero-order chi connectivity index (χ0) is 6.48. The van der Waals surface area contributed by atoms with Crippen molar-refractivity contribution in [1.82, 2.24) is 4.90 Å². The van der Waals surface area contributed by atoms with Crippen molar-refractivity contribution in [2.45, 2.75) is 44.7 Å². The van der Waals surface area contributed by atoms with E-state index in [1.54, 1.807) is 0 Å². The molecule has 0 aromatic rings. The minimum Gasteiger partial charge on any atom is -0.292 e. The van der Waals surface area contributed by atoms with Gasteiger partial charge in [-0.15, -0.1) is 0 Å². The number of nitrogens with zero attached hydrogens (tertiary/aromatic N) is 1. The van der Waals surface area contributed by atoms with Crippen molar-refractivity contribution in [3.63, 3.8) is 0 Å². The van der Waals surface area contributed by atoms with E-state index in [2.05, 4.69) is 18.7 Å². The zero-order valence-electron chi connectivity index (χ0n) is 6.35. The van der Waals surface area contributed by atoms with Gasteiger partial charge in [0.2, 0.25) is 0 Å². The second-order valence-electron chi connectivity index (χ2n) is 4.01. The summed E-state index contributed by atoms with van der Waals surface area (Å²) in [6, 6.07) is 0.980. The normalized spacial score (nSPS) is 41.4. The predicted molar refractivity (Wildman–Crippen MR) is 49.8 cm³/mol. The Hall–Kier alpha value is 0.177. The Labute approximate surface area is 67.8 Å². The fourth-order valence-electron chi connectivity index (χ4n) is 2.08. The van der Waals surface area contributed by atoms with Crippen molar-refractivity contribution in [2.24, 2.45) is 0 Å². The summed E-state index contributed by atoms with van der Waals surface area (Å²) in [7, 11) is 0. The fourth-order valence-corrected chi connectivity index (χ4v) is 2.08. The number of rotatable bonds is 0. The third-order valence-electron chi connectivity index (χ3n) is 2.82. The first-order valence-corrected chi connectivity index (χ1v) is 3.97. The molecule has 60 valence electrons. The molecule has 0 saturated carbocycles. The van der Waals surface area contributed by atoms with Gasteiger partial charge in [0.25, 0.3) is 0 Å². The maximum Gasteiger partial charge on any atom is 0.0229 e. The van der Waals surface area contributed by atoms with Crippen LogP contribution in [0.25, 0.3) is 0 Å². The third-order valence-corrected chi connectivity index (χ3v) is 2.82. The first-order valence-electron chi connectivity index (χ1n) is 3.97. The lowest BCUT2D eigenvalue weighted by Crippen LogP contribution is -2.34. The second-order valence-corrected chi connectivity index (χ2v) is 4.01. The molecular weight excluding hydrogens is 138 g/mol. The van der Waals surface area contributed by atoms with Gasteiger partial charge in [-0.1, -0.05) is 6.42 Å². The number of piperidine rings is 1. The van der Waals surface area contributed by atoms with Gasteiger partial charge in [-0.3, -0.25) is 4.90 Å². The van der Waals surface area contributed by atoms with Crippen LogP contribution in [0.3, 0.4) is 0 Å². The molecule has 1 nitrogen and oxygen atoms in total. The highest BCUT2D eigenvalue weighted by Crippen LogP contribution is 2.40. The van der Waals surface area contributed by atoms with Crippen molar-refractivity contribution in [3.8, 4) is 0 Å². The van der Waals surface area contributed by atoms with Gasteiger partial charge in [0, 0.05) is 18.1 Å². The Morgan fingerprint density at radius 1 is 1.40 bits per heavy atom. The van der Waals surface area contributed by atoms with Crippen molar-refractivity contribution in [2.75, 3.05) is 6.54 Å². The molecule has 2 unspecified atom stereocenters. The van der Waals surface area contributed by atoms with Crippen LogP contribution in [0.15, 0.2) is 0 Å². The molecule has 10 heavy (non-hydrogen) atoms. The first kappa shape index (κ1) is 8.28. The van der Waals surface area contributed by atoms with Gasteiger partial charge in [-0.05, 0) is 37.7 Å². The molecule has 0 spiro atoms. The molecule has 0 aromatic carbocycles. The third kappa shape index (κ3) is 1.15. The van der Waals surface area contributed by atoms with Gasteiger partial charge in [-0.25, -0.2) is 0 Å². The fraction of sp³-hybridized carbons (Fsp3) is 1.00. The SMILES string of the molecule is CC1(C)CCCC2CN21.[SiH4]. The first-order chi connectivity index (χ1) is 4.20. The summed E-state index contributed by atoms with van der Waals surface area (Å²) >= 11 is 0. The van der Waals surface area contributed by atoms with E-state index in [9.17, 15) is 0 Å². The van der Waals surface area contributed by atoms with Crippen molar-refractivity contribution in [3.05, 3.63) is 0 Å². The molecule has 2 saturated heterocycles. The molecule has 2 fully saturated rings. The Bertz CT molecular complexity index is 133. The monoisotopic (exact) mass is 157 g/mol. The molecule has 0 radical (unpaired) electrons. The van der Waals surface area contributed by atoms with Crippen LogP contribution >= 0.6 is 0 Å². The molecular formula is C8H19NSi. The van der Waals surface area contributed by atoms with E-state index >= 15 is 0 Å². The molecule has 2 heterocycles. The molecule has 2 heteroatoms. The Morgan fingerprint density at radius 3 is 2.60 bits per heavy atom. The highest BCUT2D eigenvalue weighted by molar-refractivity contribution is 5.75. The Kier molecular flexibility index (Phi) is 1.94. The van der Waals surface area contributed by atoms with E-state index in [0.717, 1.165) is 6.04 Å². The molecule has 2 aliphatic heterocycles. The molecule has 2 aliphatic rings. The second kappa shape index (κ2) is 2.34. The lowest BCUT2D eigenvalue weighted by atomic mass is 9.93. The summed E-state index contributed by atoms with van der Waals surface area (Å²) in [4.78, 5) is 2.62. The smallest absolute Gasteiger partial charge is 0.0229 e. The van der Waals surface area contributed by atoms with Crippen molar-refractivity contribution in [1.29, 1.82) is 0 Å². The summed E-state index contributed by atoms with van der Waals surface area (Å²) < 4.78 is 0. The molecule has 0 bridgehead atoms. The Balaban J connectivity index is 0.000000500. The summed E-state index contributed by atoms with van der Waals surface area (Å²) in [6.07, 6.45) is 4.32. The quantitative estimate of drug-likeness (QED) is 0.358. The molecule has 2 atom stereocenters. The van der Waals surface area contributed by atoms with Gasteiger partial charge in [0.05, 0.1) is 0 Å². The maximum absolute atomic E-state index is 2.62. The summed E-state index contributed by atoms with van der Waals surface area (Å²) in [5.74, 6) is 0. The van der Waals surface area contributed by atoms with Crippen LogP contribution in [-0.4, -0.2) is 34.0 Å². The van der Waals surface area contributed by atoms with Crippen LogP contribution in [0.2, 0.25) is 0 Å². The van der Waals surface area contributed by atoms with E-state index in [0.29, 0.717) is 5.54 Å². The summed E-state index contributed by atoms with van der Waals surface area (Å²) in [6.45, 7) is 6.12. The zero-order valence-corrected chi connectivity index (χ0v) is 6.35. The molecule has 0 N–H and O–H groups in total. The van der Waals surface area contributed by atoms with Crippen molar-refractivity contribution >= 4 is 11.0 Å². The van der Waals surface area contributed by atoms with E-state index < -0.39 is 0 Å². The molecule has 0 aliphatic carbocycles. The van der Waals surface area contributed by atoms with E-state index in [1.165, 1.54) is 25.8 Å². The number of hydrogen-bond donors (Lipinski definition) is 0. The van der Waals surface area contributed by atoms with Crippen LogP contribution in [0.4, 0.5) is 0 Å². The molecule has 2 rings (SSSR count). The standard InChI is InChI=1S/C8H15N.H4Si/c1-8(2)5-3-4-7-6-9(7)8;/h7H,3-6H2,1-2H3;1H4. The van der Waals surface area contributed by atoms with Crippen LogP contribution in [0.1, 0.15) is 33.1 Å². The van der Waals surface area contributed by atoms with Gasteiger partial charge < -0.3 is 0 Å². The average molecular weight is 157 g/mol. The van der Waals surface area contributed by atoms with Crippen LogP contribution in [-0.2, 0) is 0 Å². The van der Waals surface area contributed by atoms with Gasteiger partial charge in [-0.2, -0.15) is 0 Å². The van der Waals surface area contributed by atoms with Gasteiger partial charge in [0.1, 0.15) is 0 Å². The largest absolute Gasteiger partial charge is 0.292 e.